The van der Waals surface area contributed by atoms with E-state index in [-0.39, 0.29) is 17.6 Å². The number of nitrogens with zero attached hydrogens (tertiary/aromatic N) is 3. The number of aryl methyl sites for hydroxylation is 1. The number of halogens is 4. The second-order valence-electron chi connectivity index (χ2n) is 10.1. The van der Waals surface area contributed by atoms with Gasteiger partial charge < -0.3 is 9.64 Å². The molecule has 0 aromatic carbocycles. The third-order valence-corrected chi connectivity index (χ3v) is 8.02. The Labute approximate surface area is 218 Å². The number of alkyl halides is 4. The molecule has 0 saturated heterocycles. The van der Waals surface area contributed by atoms with Crippen LogP contribution in [0.25, 0.3) is 6.08 Å². The predicted molar refractivity (Wildman–Crippen MR) is 136 cm³/mol. The van der Waals surface area contributed by atoms with E-state index in [1.165, 1.54) is 6.07 Å². The second-order valence-corrected chi connectivity index (χ2v) is 11.2. The molecule has 2 aromatic heterocycles. The number of allylic oxidation sites excluding steroid dienone is 1. The largest absolute Gasteiger partial charge is 0.468 e. The molecule has 10 heteroatoms. The molecule has 0 spiro atoms. The van der Waals surface area contributed by atoms with Crippen LogP contribution in [-0.4, -0.2) is 58.7 Å². The molecule has 202 valence electrons. The number of fused-ring (bicyclic) bond motifs is 1. The Hall–Kier alpha value is -2.33. The molecule has 0 atom stereocenters. The lowest BCUT2D eigenvalue weighted by Gasteiger charge is -2.35. The maximum atomic E-state index is 15.6. The third kappa shape index (κ3) is 8.60. The lowest BCUT2D eigenvalue weighted by Crippen LogP contribution is -2.36. The highest BCUT2D eigenvalue weighted by Gasteiger charge is 2.36. The van der Waals surface area contributed by atoms with Crippen LogP contribution in [-0.2, 0) is 17.6 Å². The highest BCUT2D eigenvalue weighted by molar-refractivity contribution is 7.09. The van der Waals surface area contributed by atoms with Gasteiger partial charge in [0.15, 0.2) is 12.4 Å². The van der Waals surface area contributed by atoms with Crippen molar-refractivity contribution in [1.29, 1.82) is 0 Å². The van der Waals surface area contributed by atoms with Crippen molar-refractivity contribution in [3.63, 3.8) is 0 Å². The monoisotopic (exact) mass is 539 g/mol. The van der Waals surface area contributed by atoms with E-state index in [2.05, 4.69) is 14.9 Å². The molecule has 1 saturated carbocycles. The Morgan fingerprint density at radius 3 is 2.68 bits per heavy atom. The number of pyridine rings is 1. The molecule has 0 unspecified atom stereocenters. The average Bonchev–Trinajstić information content (AvgIpc) is 3.16. The fourth-order valence-electron chi connectivity index (χ4n) is 5.06. The summed E-state index contributed by atoms with van der Waals surface area (Å²) in [6.07, 6.45) is 3.50. The summed E-state index contributed by atoms with van der Waals surface area (Å²) in [7, 11) is 0. The quantitative estimate of drug-likeness (QED) is 0.283. The van der Waals surface area contributed by atoms with Gasteiger partial charge in [-0.05, 0) is 69.1 Å². The summed E-state index contributed by atoms with van der Waals surface area (Å²) < 4.78 is 57.6. The van der Waals surface area contributed by atoms with E-state index in [1.807, 2.05) is 12.3 Å². The third-order valence-electron chi connectivity index (χ3n) is 7.23. The van der Waals surface area contributed by atoms with Crippen molar-refractivity contribution in [3.05, 3.63) is 45.5 Å². The van der Waals surface area contributed by atoms with Crippen LogP contribution in [0.15, 0.2) is 23.6 Å². The van der Waals surface area contributed by atoms with Crippen molar-refractivity contribution < 1.29 is 27.1 Å². The number of thiazole rings is 1. The minimum Gasteiger partial charge on any atom is -0.468 e. The number of carbonyl (C=O) groups is 1. The molecule has 0 bridgehead atoms. The van der Waals surface area contributed by atoms with Gasteiger partial charge in [0.05, 0.1) is 10.7 Å². The zero-order valence-corrected chi connectivity index (χ0v) is 21.8. The first-order valence-electron chi connectivity index (χ1n) is 12.8. The molecule has 37 heavy (non-hydrogen) atoms. The normalized spacial score (nSPS) is 23.1. The van der Waals surface area contributed by atoms with Crippen LogP contribution in [0.5, 0.6) is 5.88 Å². The molecule has 1 aliphatic heterocycles. The molecule has 3 heterocycles. The van der Waals surface area contributed by atoms with Crippen molar-refractivity contribution in [2.75, 3.05) is 26.2 Å². The van der Waals surface area contributed by atoms with E-state index >= 15 is 4.39 Å². The Bertz CT molecular complexity index is 1090. The van der Waals surface area contributed by atoms with Gasteiger partial charge in [-0.2, -0.15) is 13.2 Å². The van der Waals surface area contributed by atoms with E-state index in [4.69, 9.17) is 4.74 Å². The van der Waals surface area contributed by atoms with Crippen LogP contribution < -0.4 is 4.74 Å². The van der Waals surface area contributed by atoms with Gasteiger partial charge in [0.25, 0.3) is 0 Å². The smallest absolute Gasteiger partial charge is 0.422 e. The number of ketones is 1. The first kappa shape index (κ1) is 27.7. The summed E-state index contributed by atoms with van der Waals surface area (Å²) in [5.74, 6) is 0.258. The van der Waals surface area contributed by atoms with Crippen molar-refractivity contribution >= 4 is 23.2 Å². The summed E-state index contributed by atoms with van der Waals surface area (Å²) in [5, 5.41) is 2.88. The molecule has 0 N–H and O–H groups in total. The highest BCUT2D eigenvalue weighted by Crippen LogP contribution is 2.39. The SMILES string of the molecule is Cc1nc(/C=C/C(=O)CC2CCC(F)(CCN3CCc4ccc(OCC(F)(F)F)nc4CC3)CC2)cs1. The number of rotatable bonds is 9. The van der Waals surface area contributed by atoms with Gasteiger partial charge in [0, 0.05) is 49.6 Å². The van der Waals surface area contributed by atoms with E-state index in [9.17, 15) is 18.0 Å². The topological polar surface area (TPSA) is 55.3 Å². The summed E-state index contributed by atoms with van der Waals surface area (Å²) in [6.45, 7) is 2.63. The lowest BCUT2D eigenvalue weighted by atomic mass is 9.76. The van der Waals surface area contributed by atoms with Crippen LogP contribution in [0.1, 0.15) is 60.5 Å². The van der Waals surface area contributed by atoms with Crippen LogP contribution in [0, 0.1) is 12.8 Å². The summed E-state index contributed by atoms with van der Waals surface area (Å²) in [4.78, 5) is 23.1. The summed E-state index contributed by atoms with van der Waals surface area (Å²) in [6, 6.07) is 3.26. The standard InChI is InChI=1S/C27H33F4N3O2S/c1-19-32-22(17-37-19)3-4-23(35)16-20-6-10-26(28,11-7-20)12-15-34-13-8-21-2-5-25(33-24(21)9-14-34)36-18-27(29,30)31/h2-5,17,20H,6-16,18H2,1H3/b4-3+. The Morgan fingerprint density at radius 2 is 1.97 bits per heavy atom. The second kappa shape index (κ2) is 12.0. The number of carbonyl (C=O) groups excluding carboxylic acids is 1. The van der Waals surface area contributed by atoms with Crippen LogP contribution in [0.3, 0.4) is 0 Å². The fraction of sp³-hybridized carbons (Fsp3) is 0.593. The van der Waals surface area contributed by atoms with Gasteiger partial charge >= 0.3 is 6.18 Å². The zero-order chi connectivity index (χ0) is 26.5. The molecular weight excluding hydrogens is 506 g/mol. The predicted octanol–water partition coefficient (Wildman–Crippen LogP) is 6.15. The molecular formula is C27H33F4N3O2S. The van der Waals surface area contributed by atoms with Crippen molar-refractivity contribution in [1.82, 2.24) is 14.9 Å². The number of ether oxygens (including phenoxy) is 1. The minimum atomic E-state index is -4.40. The van der Waals surface area contributed by atoms with Crippen LogP contribution in [0.2, 0.25) is 0 Å². The first-order valence-corrected chi connectivity index (χ1v) is 13.7. The fourth-order valence-corrected chi connectivity index (χ4v) is 5.64. The van der Waals surface area contributed by atoms with Gasteiger partial charge in [0.2, 0.25) is 5.88 Å². The zero-order valence-electron chi connectivity index (χ0n) is 21.0. The maximum absolute atomic E-state index is 15.6. The number of aromatic nitrogens is 2. The van der Waals surface area contributed by atoms with E-state index < -0.39 is 18.5 Å². The van der Waals surface area contributed by atoms with Crippen LogP contribution in [0.4, 0.5) is 17.6 Å². The lowest BCUT2D eigenvalue weighted by molar-refractivity contribution is -0.154. The molecule has 2 aliphatic rings. The van der Waals surface area contributed by atoms with Crippen molar-refractivity contribution in [2.24, 2.45) is 5.92 Å². The average molecular weight is 540 g/mol. The van der Waals surface area contributed by atoms with Crippen molar-refractivity contribution in [3.8, 4) is 5.88 Å². The molecule has 0 amide bonds. The molecule has 5 nitrogen and oxygen atoms in total. The van der Waals surface area contributed by atoms with Gasteiger partial charge in [0.1, 0.15) is 5.67 Å². The van der Waals surface area contributed by atoms with Gasteiger partial charge in [-0.3, -0.25) is 4.79 Å². The van der Waals surface area contributed by atoms with E-state index in [0.717, 1.165) is 34.9 Å². The first-order chi connectivity index (χ1) is 17.6. The Kier molecular flexibility index (Phi) is 9.00. The Morgan fingerprint density at radius 1 is 1.22 bits per heavy atom. The van der Waals surface area contributed by atoms with Gasteiger partial charge in [-0.25, -0.2) is 14.4 Å². The molecule has 1 fully saturated rings. The molecule has 1 aliphatic carbocycles. The van der Waals surface area contributed by atoms with Gasteiger partial charge in [-0.15, -0.1) is 11.3 Å². The number of hydrogen-bond acceptors (Lipinski definition) is 6. The van der Waals surface area contributed by atoms with E-state index in [0.29, 0.717) is 58.0 Å². The maximum Gasteiger partial charge on any atom is 0.422 e. The van der Waals surface area contributed by atoms with Gasteiger partial charge in [-0.1, -0.05) is 6.07 Å². The Balaban J connectivity index is 1.19. The summed E-state index contributed by atoms with van der Waals surface area (Å²) >= 11 is 1.55. The highest BCUT2D eigenvalue weighted by atomic mass is 32.1. The molecule has 0 radical (unpaired) electrons. The van der Waals surface area contributed by atoms with Crippen LogP contribution >= 0.6 is 11.3 Å². The summed E-state index contributed by atoms with van der Waals surface area (Å²) in [5.41, 5.74) is 1.33. The molecule has 2 aromatic rings. The minimum absolute atomic E-state index is 0.0174. The van der Waals surface area contributed by atoms with E-state index in [1.54, 1.807) is 29.6 Å². The number of hydrogen-bond donors (Lipinski definition) is 0. The van der Waals surface area contributed by atoms with Crippen molar-refractivity contribution in [2.45, 2.75) is 70.1 Å². The molecule has 4 rings (SSSR count).